The first-order chi connectivity index (χ1) is 8.49. The minimum atomic E-state index is -0.412. The molecule has 1 nitrogen and oxygen atoms in total. The molecular formula is C14H18Cl2FN. The molecule has 1 fully saturated rings. The van der Waals surface area contributed by atoms with Crippen LogP contribution in [0.1, 0.15) is 44.7 Å². The molecule has 0 aromatic heterocycles. The lowest BCUT2D eigenvalue weighted by Crippen LogP contribution is -2.29. The molecule has 1 saturated carbocycles. The summed E-state index contributed by atoms with van der Waals surface area (Å²) in [6, 6.07) is 3.31. The highest BCUT2D eigenvalue weighted by Gasteiger charge is 2.25. The van der Waals surface area contributed by atoms with Crippen molar-refractivity contribution in [3.8, 4) is 0 Å². The van der Waals surface area contributed by atoms with Gasteiger partial charge in [0.1, 0.15) is 5.82 Å². The Balaban J connectivity index is 2.13. The molecule has 0 amide bonds. The molecule has 0 bridgehead atoms. The quantitative estimate of drug-likeness (QED) is 0.775. The van der Waals surface area contributed by atoms with Crippen molar-refractivity contribution in [3.63, 3.8) is 0 Å². The third-order valence-corrected chi connectivity index (χ3v) is 4.41. The van der Waals surface area contributed by atoms with Gasteiger partial charge >= 0.3 is 0 Å². The van der Waals surface area contributed by atoms with Crippen molar-refractivity contribution < 1.29 is 4.39 Å². The summed E-state index contributed by atoms with van der Waals surface area (Å²) in [6.45, 7) is 4.24. The molecule has 1 aromatic rings. The topological polar surface area (TPSA) is 12.0 Å². The van der Waals surface area contributed by atoms with Crippen LogP contribution in [-0.4, -0.2) is 6.04 Å². The number of hydrogen-bond donors (Lipinski definition) is 1. The molecule has 1 N–H and O–H groups in total. The fraction of sp³-hybridized carbons (Fsp3) is 0.571. The largest absolute Gasteiger partial charge is 0.307 e. The summed E-state index contributed by atoms with van der Waals surface area (Å²) < 4.78 is 13.5. The average Bonchev–Trinajstić information content (AvgIpc) is 2.70. The van der Waals surface area contributed by atoms with Crippen LogP contribution in [0.15, 0.2) is 12.1 Å². The molecule has 0 radical (unpaired) electrons. The number of benzene rings is 1. The molecule has 1 aliphatic carbocycles. The second-order valence-electron chi connectivity index (χ2n) is 5.26. The average molecular weight is 290 g/mol. The molecule has 0 spiro atoms. The Kier molecular flexibility index (Phi) is 4.52. The minimum absolute atomic E-state index is 0.0315. The number of nitrogens with one attached hydrogen (secondary N) is 1. The molecule has 4 heteroatoms. The Hall–Kier alpha value is -0.310. The smallest absolute Gasteiger partial charge is 0.142 e. The van der Waals surface area contributed by atoms with E-state index in [1.807, 2.05) is 6.92 Å². The summed E-state index contributed by atoms with van der Waals surface area (Å²) in [5, 5.41) is 4.15. The van der Waals surface area contributed by atoms with Gasteiger partial charge in [0.25, 0.3) is 0 Å². The zero-order valence-corrected chi connectivity index (χ0v) is 12.2. The molecule has 0 saturated heterocycles. The summed E-state index contributed by atoms with van der Waals surface area (Å²) in [7, 11) is 0. The molecule has 3 unspecified atom stereocenters. The van der Waals surface area contributed by atoms with Gasteiger partial charge in [-0.1, -0.05) is 30.1 Å². The monoisotopic (exact) mass is 289 g/mol. The minimum Gasteiger partial charge on any atom is -0.307 e. The Bertz CT molecular complexity index is 436. The summed E-state index contributed by atoms with van der Waals surface area (Å²) in [5.74, 6) is 0.345. The highest BCUT2D eigenvalue weighted by Crippen LogP contribution is 2.34. The van der Waals surface area contributed by atoms with E-state index in [9.17, 15) is 4.39 Å². The first-order valence-corrected chi connectivity index (χ1v) is 7.14. The number of rotatable bonds is 3. The third-order valence-electron chi connectivity index (χ3n) is 3.69. The van der Waals surface area contributed by atoms with Crippen LogP contribution in [0.4, 0.5) is 4.39 Å². The molecule has 1 aromatic carbocycles. The second kappa shape index (κ2) is 5.77. The van der Waals surface area contributed by atoms with Gasteiger partial charge in [-0.3, -0.25) is 0 Å². The molecule has 0 aliphatic heterocycles. The molecule has 2 rings (SSSR count). The molecule has 100 valence electrons. The van der Waals surface area contributed by atoms with Crippen LogP contribution >= 0.6 is 23.2 Å². The van der Waals surface area contributed by atoms with Gasteiger partial charge in [-0.15, -0.1) is 0 Å². The SMILES string of the molecule is CC1CCC(NC(C)c2c(Cl)ccc(F)c2Cl)C1. The van der Waals surface area contributed by atoms with Crippen molar-refractivity contribution >= 4 is 23.2 Å². The van der Waals surface area contributed by atoms with Crippen LogP contribution in [0.3, 0.4) is 0 Å². The van der Waals surface area contributed by atoms with Gasteiger partial charge in [0, 0.05) is 22.7 Å². The van der Waals surface area contributed by atoms with Gasteiger partial charge < -0.3 is 5.32 Å². The van der Waals surface area contributed by atoms with Crippen molar-refractivity contribution in [1.82, 2.24) is 5.32 Å². The molecule has 1 aliphatic rings. The number of halogens is 3. The predicted molar refractivity (Wildman–Crippen MR) is 74.8 cm³/mol. The fourth-order valence-corrected chi connectivity index (χ4v) is 3.43. The Morgan fingerprint density at radius 3 is 2.67 bits per heavy atom. The Morgan fingerprint density at radius 1 is 1.33 bits per heavy atom. The third kappa shape index (κ3) is 2.98. The summed E-state index contributed by atoms with van der Waals surface area (Å²) in [5.41, 5.74) is 0.665. The lowest BCUT2D eigenvalue weighted by Gasteiger charge is -2.22. The first kappa shape index (κ1) is 14.1. The molecule has 3 atom stereocenters. The van der Waals surface area contributed by atoms with Crippen molar-refractivity contribution in [1.29, 1.82) is 0 Å². The highest BCUT2D eigenvalue weighted by atomic mass is 35.5. The van der Waals surface area contributed by atoms with E-state index in [1.165, 1.54) is 12.5 Å². The van der Waals surface area contributed by atoms with Crippen molar-refractivity contribution in [2.75, 3.05) is 0 Å². The van der Waals surface area contributed by atoms with Crippen LogP contribution in [0, 0.1) is 11.7 Å². The van der Waals surface area contributed by atoms with E-state index in [-0.39, 0.29) is 11.1 Å². The Labute approximate surface area is 118 Å². The first-order valence-electron chi connectivity index (χ1n) is 6.38. The van der Waals surface area contributed by atoms with E-state index in [4.69, 9.17) is 23.2 Å². The predicted octanol–water partition coefficient (Wildman–Crippen LogP) is 4.97. The van der Waals surface area contributed by atoms with Crippen LogP contribution < -0.4 is 5.32 Å². The highest BCUT2D eigenvalue weighted by molar-refractivity contribution is 6.36. The maximum atomic E-state index is 13.5. The lowest BCUT2D eigenvalue weighted by atomic mass is 10.1. The van der Waals surface area contributed by atoms with Gasteiger partial charge in [0.05, 0.1) is 5.02 Å². The standard InChI is InChI=1S/C14H18Cl2FN/c1-8-3-4-10(7-8)18-9(2)13-11(15)5-6-12(17)14(13)16/h5-6,8-10,18H,3-4,7H2,1-2H3. The summed E-state index contributed by atoms with van der Waals surface area (Å²) in [6.07, 6.45) is 3.57. The molecular weight excluding hydrogens is 272 g/mol. The van der Waals surface area contributed by atoms with Crippen LogP contribution in [0.2, 0.25) is 10.0 Å². The van der Waals surface area contributed by atoms with E-state index in [2.05, 4.69) is 12.2 Å². The molecule has 0 heterocycles. The van der Waals surface area contributed by atoms with Crippen molar-refractivity contribution in [3.05, 3.63) is 33.6 Å². The van der Waals surface area contributed by atoms with E-state index in [0.717, 1.165) is 18.8 Å². The van der Waals surface area contributed by atoms with Crippen LogP contribution in [-0.2, 0) is 0 Å². The van der Waals surface area contributed by atoms with Crippen molar-refractivity contribution in [2.24, 2.45) is 5.92 Å². The summed E-state index contributed by atoms with van der Waals surface area (Å²) >= 11 is 12.1. The normalized spacial score (nSPS) is 25.4. The van der Waals surface area contributed by atoms with E-state index < -0.39 is 5.82 Å². The zero-order chi connectivity index (χ0) is 13.3. The maximum Gasteiger partial charge on any atom is 0.142 e. The van der Waals surface area contributed by atoms with E-state index in [1.54, 1.807) is 6.07 Å². The van der Waals surface area contributed by atoms with Gasteiger partial charge in [-0.25, -0.2) is 4.39 Å². The van der Waals surface area contributed by atoms with Crippen molar-refractivity contribution in [2.45, 2.75) is 45.2 Å². The lowest BCUT2D eigenvalue weighted by molar-refractivity contribution is 0.448. The van der Waals surface area contributed by atoms with Gasteiger partial charge in [-0.2, -0.15) is 0 Å². The Morgan fingerprint density at radius 2 is 2.06 bits per heavy atom. The summed E-state index contributed by atoms with van der Waals surface area (Å²) in [4.78, 5) is 0. The van der Waals surface area contributed by atoms with Gasteiger partial charge in [-0.05, 0) is 44.2 Å². The van der Waals surface area contributed by atoms with Gasteiger partial charge in [0.15, 0.2) is 0 Å². The number of hydrogen-bond acceptors (Lipinski definition) is 1. The molecule has 18 heavy (non-hydrogen) atoms. The van der Waals surface area contributed by atoms with E-state index in [0.29, 0.717) is 16.6 Å². The fourth-order valence-electron chi connectivity index (χ4n) is 2.74. The van der Waals surface area contributed by atoms with Gasteiger partial charge in [0.2, 0.25) is 0 Å². The maximum absolute atomic E-state index is 13.5. The van der Waals surface area contributed by atoms with Crippen LogP contribution in [0.5, 0.6) is 0 Å². The van der Waals surface area contributed by atoms with Crippen LogP contribution in [0.25, 0.3) is 0 Å². The second-order valence-corrected chi connectivity index (χ2v) is 6.05. The van der Waals surface area contributed by atoms with E-state index >= 15 is 0 Å². The zero-order valence-electron chi connectivity index (χ0n) is 10.6.